The number of aryl methyl sites for hydroxylation is 2. The van der Waals surface area contributed by atoms with Gasteiger partial charge in [0.15, 0.2) is 0 Å². The monoisotopic (exact) mass is 549 g/mol. The number of amides is 2. The lowest BCUT2D eigenvalue weighted by Crippen LogP contribution is -2.49. The molecule has 0 saturated carbocycles. The molecular weight excluding hydrogens is 510 g/mol. The minimum Gasteiger partial charge on any atom is -0.354 e. The molecule has 2 amide bonds. The largest absolute Gasteiger partial charge is 0.354 e. The fourth-order valence-corrected chi connectivity index (χ4v) is 5.32. The fourth-order valence-electron chi connectivity index (χ4n) is 4.18. The number of halogens is 1. The van der Waals surface area contributed by atoms with E-state index >= 15 is 0 Å². The lowest BCUT2D eigenvalue weighted by atomic mass is 10.1. The molecule has 7 nitrogen and oxygen atoms in total. The van der Waals surface area contributed by atoms with Crippen molar-refractivity contribution in [2.45, 2.75) is 72.4 Å². The van der Waals surface area contributed by atoms with Gasteiger partial charge in [0, 0.05) is 31.1 Å². The van der Waals surface area contributed by atoms with Gasteiger partial charge in [0.1, 0.15) is 6.04 Å². The molecule has 2 aromatic carbocycles. The van der Waals surface area contributed by atoms with Gasteiger partial charge in [-0.2, -0.15) is 0 Å². The van der Waals surface area contributed by atoms with E-state index in [0.29, 0.717) is 30.1 Å². The van der Waals surface area contributed by atoms with Crippen LogP contribution in [-0.4, -0.2) is 50.5 Å². The first-order chi connectivity index (χ1) is 17.5. The zero-order valence-electron chi connectivity index (χ0n) is 22.6. The Morgan fingerprint density at radius 3 is 2.30 bits per heavy atom. The van der Waals surface area contributed by atoms with Crippen molar-refractivity contribution in [2.24, 2.45) is 0 Å². The molecule has 0 heterocycles. The standard InChI is InChI=1S/C28H40ClN3O4S/c1-6-8-17-30-28(34)25(7-2)31(20-23-13-15-24(29)16-14-23)27(33)10-9-18-32(37(5,35)36)26-19-21(3)11-12-22(26)4/h11-16,19,25H,6-10,17-18,20H2,1-5H3,(H,30,34)/t25-/m1/s1. The highest BCUT2D eigenvalue weighted by atomic mass is 35.5. The molecule has 37 heavy (non-hydrogen) atoms. The molecule has 2 rings (SSSR count). The van der Waals surface area contributed by atoms with Crippen molar-refractivity contribution in [3.05, 3.63) is 64.2 Å². The van der Waals surface area contributed by atoms with Crippen LogP contribution in [0.4, 0.5) is 5.69 Å². The smallest absolute Gasteiger partial charge is 0.242 e. The first kappa shape index (κ1) is 30.6. The molecule has 0 aliphatic rings. The van der Waals surface area contributed by atoms with E-state index < -0.39 is 16.1 Å². The van der Waals surface area contributed by atoms with Crippen molar-refractivity contribution in [3.63, 3.8) is 0 Å². The topological polar surface area (TPSA) is 86.8 Å². The van der Waals surface area contributed by atoms with Crippen molar-refractivity contribution in [2.75, 3.05) is 23.7 Å². The molecule has 0 unspecified atom stereocenters. The minimum atomic E-state index is -3.54. The maximum absolute atomic E-state index is 13.5. The molecule has 2 aromatic rings. The quantitative estimate of drug-likeness (QED) is 0.327. The predicted molar refractivity (Wildman–Crippen MR) is 151 cm³/mol. The van der Waals surface area contributed by atoms with E-state index in [9.17, 15) is 18.0 Å². The van der Waals surface area contributed by atoms with E-state index in [4.69, 9.17) is 11.6 Å². The summed E-state index contributed by atoms with van der Waals surface area (Å²) in [4.78, 5) is 28.1. The normalized spacial score (nSPS) is 12.2. The summed E-state index contributed by atoms with van der Waals surface area (Å²) in [5.74, 6) is -0.367. The third kappa shape index (κ3) is 9.34. The molecular formula is C28H40ClN3O4S. The van der Waals surface area contributed by atoms with Crippen LogP contribution < -0.4 is 9.62 Å². The van der Waals surface area contributed by atoms with Crippen molar-refractivity contribution < 1.29 is 18.0 Å². The Labute approximate surface area is 227 Å². The number of carbonyl (C=O) groups excluding carboxylic acids is 2. The zero-order chi connectivity index (χ0) is 27.6. The summed E-state index contributed by atoms with van der Waals surface area (Å²) in [5.41, 5.74) is 3.29. The number of rotatable bonds is 14. The van der Waals surface area contributed by atoms with Crippen LogP contribution in [0.15, 0.2) is 42.5 Å². The summed E-state index contributed by atoms with van der Waals surface area (Å²) >= 11 is 6.03. The lowest BCUT2D eigenvalue weighted by molar-refractivity contribution is -0.141. The molecule has 0 aliphatic carbocycles. The molecule has 0 fully saturated rings. The lowest BCUT2D eigenvalue weighted by Gasteiger charge is -2.31. The van der Waals surface area contributed by atoms with E-state index in [1.165, 1.54) is 10.6 Å². The minimum absolute atomic E-state index is 0.114. The highest BCUT2D eigenvalue weighted by Crippen LogP contribution is 2.25. The highest BCUT2D eigenvalue weighted by molar-refractivity contribution is 7.92. The van der Waals surface area contributed by atoms with Crippen LogP contribution in [0, 0.1) is 13.8 Å². The maximum Gasteiger partial charge on any atom is 0.242 e. The van der Waals surface area contributed by atoms with Gasteiger partial charge in [-0.05, 0) is 68.0 Å². The van der Waals surface area contributed by atoms with Gasteiger partial charge in [0.05, 0.1) is 11.9 Å². The van der Waals surface area contributed by atoms with Crippen molar-refractivity contribution in [3.8, 4) is 0 Å². The predicted octanol–water partition coefficient (Wildman–Crippen LogP) is 5.23. The Kier molecular flexibility index (Phi) is 11.9. The van der Waals surface area contributed by atoms with E-state index in [1.807, 2.05) is 51.1 Å². The number of nitrogens with one attached hydrogen (secondary N) is 1. The third-order valence-electron chi connectivity index (χ3n) is 6.27. The van der Waals surface area contributed by atoms with E-state index in [0.717, 1.165) is 29.5 Å². The number of carbonyl (C=O) groups is 2. The van der Waals surface area contributed by atoms with Crippen LogP contribution in [0.25, 0.3) is 0 Å². The number of hydrogen-bond donors (Lipinski definition) is 1. The van der Waals surface area contributed by atoms with Crippen LogP contribution in [0.5, 0.6) is 0 Å². The summed E-state index contributed by atoms with van der Waals surface area (Å²) in [7, 11) is -3.54. The summed E-state index contributed by atoms with van der Waals surface area (Å²) in [6.45, 7) is 8.72. The second kappa shape index (κ2) is 14.4. The number of nitrogens with zero attached hydrogens (tertiary/aromatic N) is 2. The molecule has 9 heteroatoms. The molecule has 204 valence electrons. The van der Waals surface area contributed by atoms with E-state index in [2.05, 4.69) is 12.2 Å². The van der Waals surface area contributed by atoms with Gasteiger partial charge in [-0.1, -0.05) is 56.1 Å². The first-order valence-corrected chi connectivity index (χ1v) is 15.1. The van der Waals surface area contributed by atoms with E-state index in [1.54, 1.807) is 17.0 Å². The molecule has 1 atom stereocenters. The van der Waals surface area contributed by atoms with E-state index in [-0.39, 0.29) is 31.3 Å². The van der Waals surface area contributed by atoms with Gasteiger partial charge in [0.2, 0.25) is 21.8 Å². The van der Waals surface area contributed by atoms with Crippen LogP contribution in [0.1, 0.15) is 62.6 Å². The van der Waals surface area contributed by atoms with Crippen LogP contribution in [-0.2, 0) is 26.2 Å². The Balaban J connectivity index is 2.22. The Morgan fingerprint density at radius 2 is 1.70 bits per heavy atom. The molecule has 0 bridgehead atoms. The maximum atomic E-state index is 13.5. The molecule has 0 aromatic heterocycles. The van der Waals surface area contributed by atoms with Gasteiger partial charge >= 0.3 is 0 Å². The molecule has 0 spiro atoms. The summed E-state index contributed by atoms with van der Waals surface area (Å²) < 4.78 is 26.6. The molecule has 1 N–H and O–H groups in total. The van der Waals surface area contributed by atoms with Gasteiger partial charge in [-0.15, -0.1) is 0 Å². The SMILES string of the molecule is CCCCNC(=O)[C@@H](CC)N(Cc1ccc(Cl)cc1)C(=O)CCCN(c1cc(C)ccc1C)S(C)(=O)=O. The second-order valence-corrected chi connectivity index (χ2v) is 11.8. The van der Waals surface area contributed by atoms with Gasteiger partial charge in [-0.25, -0.2) is 8.42 Å². The van der Waals surface area contributed by atoms with Gasteiger partial charge < -0.3 is 10.2 Å². The van der Waals surface area contributed by atoms with Gasteiger partial charge in [0.25, 0.3) is 0 Å². The average molecular weight is 550 g/mol. The molecule has 0 radical (unpaired) electrons. The van der Waals surface area contributed by atoms with Crippen molar-refractivity contribution >= 4 is 39.1 Å². The first-order valence-electron chi connectivity index (χ1n) is 12.8. The van der Waals surface area contributed by atoms with Crippen molar-refractivity contribution in [1.29, 1.82) is 0 Å². The average Bonchev–Trinajstić information content (AvgIpc) is 2.84. The van der Waals surface area contributed by atoms with Gasteiger partial charge in [-0.3, -0.25) is 13.9 Å². The molecule has 0 aliphatic heterocycles. The molecule has 0 saturated heterocycles. The Hall–Kier alpha value is -2.58. The number of anilines is 1. The summed E-state index contributed by atoms with van der Waals surface area (Å²) in [5, 5.41) is 3.55. The number of hydrogen-bond acceptors (Lipinski definition) is 4. The summed E-state index contributed by atoms with van der Waals surface area (Å²) in [6, 6.07) is 12.3. The van der Waals surface area contributed by atoms with Crippen LogP contribution in [0.2, 0.25) is 5.02 Å². The number of benzene rings is 2. The fraction of sp³-hybridized carbons (Fsp3) is 0.500. The van der Waals surface area contributed by atoms with Crippen LogP contribution >= 0.6 is 11.6 Å². The number of unbranched alkanes of at least 4 members (excludes halogenated alkanes) is 1. The second-order valence-electron chi connectivity index (χ2n) is 9.45. The highest BCUT2D eigenvalue weighted by Gasteiger charge is 2.29. The third-order valence-corrected chi connectivity index (χ3v) is 7.70. The van der Waals surface area contributed by atoms with Crippen molar-refractivity contribution in [1.82, 2.24) is 10.2 Å². The zero-order valence-corrected chi connectivity index (χ0v) is 24.2. The number of sulfonamides is 1. The Bertz CT molecular complexity index is 1150. The summed E-state index contributed by atoms with van der Waals surface area (Å²) in [6.07, 6.45) is 3.91. The van der Waals surface area contributed by atoms with Crippen LogP contribution in [0.3, 0.4) is 0 Å². The Morgan fingerprint density at radius 1 is 1.03 bits per heavy atom.